The van der Waals surface area contributed by atoms with E-state index in [2.05, 4.69) is 4.74 Å². The summed E-state index contributed by atoms with van der Waals surface area (Å²) in [6.07, 6.45) is 2.95. The van der Waals surface area contributed by atoms with E-state index in [4.69, 9.17) is 0 Å². The van der Waals surface area contributed by atoms with Gasteiger partial charge in [0.1, 0.15) is 11.6 Å². The van der Waals surface area contributed by atoms with Crippen LogP contribution in [0.5, 0.6) is 5.75 Å². The quantitative estimate of drug-likeness (QED) is 0.860. The van der Waals surface area contributed by atoms with E-state index in [9.17, 15) is 21.6 Å². The minimum atomic E-state index is -3.15. The van der Waals surface area contributed by atoms with Crippen LogP contribution in [0.2, 0.25) is 0 Å². The van der Waals surface area contributed by atoms with Gasteiger partial charge in [0.15, 0.2) is 9.84 Å². The van der Waals surface area contributed by atoms with E-state index in [0.29, 0.717) is 24.0 Å². The minimum absolute atomic E-state index is 0.254. The largest absolute Gasteiger partial charge is 0.434 e. The number of fused-ring (bicyclic) bond motifs is 2. The van der Waals surface area contributed by atoms with Gasteiger partial charge in [-0.15, -0.1) is 0 Å². The highest BCUT2D eigenvalue weighted by molar-refractivity contribution is 7.93. The van der Waals surface area contributed by atoms with Gasteiger partial charge in [-0.05, 0) is 37.0 Å². The lowest BCUT2D eigenvalue weighted by atomic mass is 9.99. The van der Waals surface area contributed by atoms with Crippen LogP contribution in [0.25, 0.3) is 5.57 Å². The topological polar surface area (TPSA) is 43.4 Å². The van der Waals surface area contributed by atoms with E-state index in [1.807, 2.05) is 0 Å². The van der Waals surface area contributed by atoms with Crippen molar-refractivity contribution in [1.29, 1.82) is 0 Å². The van der Waals surface area contributed by atoms with Crippen molar-refractivity contribution in [2.45, 2.75) is 36.4 Å². The van der Waals surface area contributed by atoms with Crippen LogP contribution in [-0.4, -0.2) is 25.5 Å². The van der Waals surface area contributed by atoms with Crippen LogP contribution in [0.15, 0.2) is 24.3 Å². The first-order valence-electron chi connectivity index (χ1n) is 6.56. The average molecular weight is 318 g/mol. The Morgan fingerprint density at radius 1 is 1.24 bits per heavy atom. The molecule has 0 aromatic heterocycles. The van der Waals surface area contributed by atoms with Crippen molar-refractivity contribution in [3.63, 3.8) is 0 Å². The maximum atomic E-state index is 13.2. The van der Waals surface area contributed by atoms with Crippen molar-refractivity contribution in [1.82, 2.24) is 0 Å². The molecule has 1 saturated heterocycles. The van der Waals surface area contributed by atoms with E-state index < -0.39 is 32.8 Å². The summed E-state index contributed by atoms with van der Waals surface area (Å²) in [5, 5.41) is -1.05. The fourth-order valence-corrected chi connectivity index (χ4v) is 5.20. The van der Waals surface area contributed by atoms with Crippen LogP contribution in [0.4, 0.5) is 13.2 Å². The van der Waals surface area contributed by atoms with Gasteiger partial charge in [-0.3, -0.25) is 0 Å². The molecule has 21 heavy (non-hydrogen) atoms. The van der Waals surface area contributed by atoms with Gasteiger partial charge in [0.05, 0.1) is 10.5 Å². The van der Waals surface area contributed by atoms with Crippen molar-refractivity contribution in [2.24, 2.45) is 0 Å². The molecule has 3 nitrogen and oxygen atoms in total. The summed E-state index contributed by atoms with van der Waals surface area (Å²) in [6, 6.07) is 3.41. The molecule has 1 aromatic rings. The molecule has 0 aliphatic carbocycles. The third kappa shape index (κ3) is 2.54. The Kier molecular flexibility index (Phi) is 3.47. The molecule has 2 heterocycles. The number of benzene rings is 1. The van der Waals surface area contributed by atoms with Crippen molar-refractivity contribution >= 4 is 15.4 Å². The van der Waals surface area contributed by atoms with Gasteiger partial charge < -0.3 is 4.74 Å². The van der Waals surface area contributed by atoms with Crippen LogP contribution in [0.3, 0.4) is 0 Å². The van der Waals surface area contributed by atoms with E-state index in [-0.39, 0.29) is 12.2 Å². The highest BCUT2D eigenvalue weighted by Gasteiger charge is 2.43. The monoisotopic (exact) mass is 318 g/mol. The SMILES string of the molecule is O=S1(=O)C2C=C(c3ccc(F)cc3OC(F)F)CC1CC2. The molecule has 2 atom stereocenters. The molecule has 0 radical (unpaired) electrons. The smallest absolute Gasteiger partial charge is 0.387 e. The lowest BCUT2D eigenvalue weighted by Gasteiger charge is -2.22. The molecule has 7 heteroatoms. The lowest BCUT2D eigenvalue weighted by Crippen LogP contribution is -2.26. The summed E-state index contributed by atoms with van der Waals surface area (Å²) in [7, 11) is -3.15. The first-order chi connectivity index (χ1) is 9.88. The van der Waals surface area contributed by atoms with Crippen LogP contribution in [-0.2, 0) is 9.84 Å². The second-order valence-electron chi connectivity index (χ2n) is 5.24. The Labute approximate surface area is 120 Å². The molecule has 114 valence electrons. The Bertz CT molecular complexity index is 697. The zero-order chi connectivity index (χ0) is 15.2. The van der Waals surface area contributed by atoms with Gasteiger partial charge in [-0.25, -0.2) is 12.8 Å². The predicted molar refractivity (Wildman–Crippen MR) is 71.4 cm³/mol. The first-order valence-corrected chi connectivity index (χ1v) is 8.17. The van der Waals surface area contributed by atoms with Gasteiger partial charge in [0.25, 0.3) is 0 Å². The summed E-state index contributed by atoms with van der Waals surface area (Å²) >= 11 is 0. The van der Waals surface area contributed by atoms with Crippen LogP contribution in [0, 0.1) is 5.82 Å². The number of rotatable bonds is 3. The van der Waals surface area contributed by atoms with E-state index in [1.54, 1.807) is 6.08 Å². The standard InChI is InChI=1S/C14H13F3O3S/c15-9-1-4-12(13(7-9)20-14(16)17)8-5-10-2-3-11(6-8)21(10,18)19/h1,4-5,7,10-11,14H,2-3,6H2. The van der Waals surface area contributed by atoms with Crippen LogP contribution >= 0.6 is 0 Å². The number of sulfone groups is 1. The molecular weight excluding hydrogens is 305 g/mol. The number of ether oxygens (including phenoxy) is 1. The maximum absolute atomic E-state index is 13.2. The van der Waals surface area contributed by atoms with Crippen LogP contribution in [0.1, 0.15) is 24.8 Å². The Morgan fingerprint density at radius 3 is 2.67 bits per heavy atom. The van der Waals surface area contributed by atoms with Crippen molar-refractivity contribution < 1.29 is 26.3 Å². The third-order valence-corrected chi connectivity index (χ3v) is 6.55. The Hall–Kier alpha value is -1.50. The Morgan fingerprint density at radius 2 is 2.00 bits per heavy atom. The normalized spacial score (nSPS) is 26.8. The maximum Gasteiger partial charge on any atom is 0.387 e. The van der Waals surface area contributed by atoms with Gasteiger partial charge in [0, 0.05) is 11.6 Å². The lowest BCUT2D eigenvalue weighted by molar-refractivity contribution is -0.0501. The zero-order valence-corrected chi connectivity index (χ0v) is 11.7. The summed E-state index contributed by atoms with van der Waals surface area (Å²) in [6.45, 7) is -3.06. The summed E-state index contributed by atoms with van der Waals surface area (Å²) < 4.78 is 66.5. The van der Waals surface area contributed by atoms with Gasteiger partial charge >= 0.3 is 6.61 Å². The molecule has 0 amide bonds. The first kappa shape index (κ1) is 14.4. The number of halogens is 3. The molecule has 1 aromatic carbocycles. The molecule has 2 aliphatic heterocycles. The minimum Gasteiger partial charge on any atom is -0.434 e. The van der Waals surface area contributed by atoms with Crippen LogP contribution < -0.4 is 4.74 Å². The molecule has 2 aliphatic rings. The summed E-state index contributed by atoms with van der Waals surface area (Å²) in [4.78, 5) is 0. The molecule has 3 rings (SSSR count). The number of alkyl halides is 2. The molecule has 0 spiro atoms. The molecule has 0 N–H and O–H groups in total. The molecule has 0 saturated carbocycles. The summed E-state index contributed by atoms with van der Waals surface area (Å²) in [5.41, 5.74) is 0.969. The average Bonchev–Trinajstić information content (AvgIpc) is 2.58. The van der Waals surface area contributed by atoms with E-state index in [0.717, 1.165) is 12.1 Å². The van der Waals surface area contributed by atoms with E-state index in [1.165, 1.54) is 6.07 Å². The van der Waals surface area contributed by atoms with Crippen molar-refractivity contribution in [2.75, 3.05) is 0 Å². The molecule has 2 unspecified atom stereocenters. The fraction of sp³-hybridized carbons (Fsp3) is 0.429. The molecule has 1 fully saturated rings. The second-order valence-corrected chi connectivity index (χ2v) is 7.69. The zero-order valence-electron chi connectivity index (χ0n) is 10.9. The Balaban J connectivity index is 2.02. The number of hydrogen-bond acceptors (Lipinski definition) is 3. The predicted octanol–water partition coefficient (Wildman–Crippen LogP) is 3.16. The highest BCUT2D eigenvalue weighted by atomic mass is 32.2. The van der Waals surface area contributed by atoms with Gasteiger partial charge in [0.2, 0.25) is 0 Å². The second kappa shape index (κ2) is 5.05. The third-order valence-electron chi connectivity index (χ3n) is 4.00. The fourth-order valence-electron chi connectivity index (χ4n) is 3.01. The highest BCUT2D eigenvalue weighted by Crippen LogP contribution is 2.43. The number of allylic oxidation sites excluding steroid dienone is 1. The van der Waals surface area contributed by atoms with Crippen molar-refractivity contribution in [3.8, 4) is 5.75 Å². The van der Waals surface area contributed by atoms with Crippen molar-refractivity contribution in [3.05, 3.63) is 35.7 Å². The molecule has 2 bridgehead atoms. The molecular formula is C14H13F3O3S. The summed E-state index contributed by atoms with van der Waals surface area (Å²) in [5.74, 6) is -0.934. The van der Waals surface area contributed by atoms with E-state index >= 15 is 0 Å². The van der Waals surface area contributed by atoms with Gasteiger partial charge in [-0.1, -0.05) is 6.08 Å². The number of hydrogen-bond donors (Lipinski definition) is 0. The van der Waals surface area contributed by atoms with Gasteiger partial charge in [-0.2, -0.15) is 8.78 Å².